The minimum absolute atomic E-state index is 0.306. The largest absolute Gasteiger partial charge is 0.494 e. The zero-order valence-corrected chi connectivity index (χ0v) is 16.5. The monoisotopic (exact) mass is 383 g/mol. The molecule has 5 nitrogen and oxygen atoms in total. The Bertz CT molecular complexity index is 765. The number of carbonyl (C=O) groups excluding carboxylic acids is 1. The third-order valence-corrected chi connectivity index (χ3v) is 3.92. The third-order valence-electron chi connectivity index (χ3n) is 3.92. The van der Waals surface area contributed by atoms with E-state index in [9.17, 15) is 4.79 Å². The van der Waals surface area contributed by atoms with Gasteiger partial charge in [-0.3, -0.25) is 0 Å². The number of methoxy groups -OCH3 is 1. The van der Waals surface area contributed by atoms with Crippen LogP contribution < -0.4 is 18.9 Å². The van der Waals surface area contributed by atoms with Crippen molar-refractivity contribution >= 4 is 12.0 Å². The van der Waals surface area contributed by atoms with Crippen LogP contribution in [0.5, 0.6) is 23.0 Å². The van der Waals surface area contributed by atoms with Crippen molar-refractivity contribution in [2.45, 2.75) is 26.2 Å². The molecule has 0 fully saturated rings. The predicted molar refractivity (Wildman–Crippen MR) is 110 cm³/mol. The summed E-state index contributed by atoms with van der Waals surface area (Å²) < 4.78 is 21.6. The Morgan fingerprint density at radius 1 is 1.00 bits per heavy atom. The van der Waals surface area contributed by atoms with Gasteiger partial charge in [-0.1, -0.05) is 25.8 Å². The number of carbonyl (C=O) groups is 1. The highest BCUT2D eigenvalue weighted by atomic mass is 16.5. The van der Waals surface area contributed by atoms with Gasteiger partial charge >= 0.3 is 5.97 Å². The number of hydrogen-bond donors (Lipinski definition) is 0. The van der Waals surface area contributed by atoms with E-state index < -0.39 is 5.97 Å². The highest BCUT2D eigenvalue weighted by molar-refractivity contribution is 5.88. The Hall–Kier alpha value is -2.95. The van der Waals surface area contributed by atoms with Crippen molar-refractivity contribution in [3.05, 3.63) is 61.0 Å². The lowest BCUT2D eigenvalue weighted by atomic mass is 10.2. The van der Waals surface area contributed by atoms with Crippen LogP contribution in [0.3, 0.4) is 0 Å². The van der Waals surface area contributed by atoms with Crippen LogP contribution in [0, 0.1) is 6.92 Å². The fourth-order valence-electron chi connectivity index (χ4n) is 2.48. The van der Waals surface area contributed by atoms with E-state index in [1.807, 2.05) is 6.07 Å². The second kappa shape index (κ2) is 11.7. The normalized spacial score (nSPS) is 10.7. The fraction of sp³-hybridized carbons (Fsp3) is 0.304. The van der Waals surface area contributed by atoms with Gasteiger partial charge in [0, 0.05) is 6.08 Å². The molecule has 0 amide bonds. The molecule has 2 aromatic rings. The van der Waals surface area contributed by atoms with Crippen molar-refractivity contribution < 1.29 is 23.7 Å². The van der Waals surface area contributed by atoms with Crippen molar-refractivity contribution in [3.8, 4) is 23.0 Å². The van der Waals surface area contributed by atoms with Gasteiger partial charge in [0.2, 0.25) is 0 Å². The van der Waals surface area contributed by atoms with Crippen molar-refractivity contribution in [2.75, 3.05) is 20.3 Å². The summed E-state index contributed by atoms with van der Waals surface area (Å²) in [6.07, 6.45) is 6.37. The Kier molecular flexibility index (Phi) is 8.92. The molecule has 5 heteroatoms. The minimum Gasteiger partial charge on any atom is -0.494 e. The molecule has 2 aromatic carbocycles. The number of ether oxygens (including phenoxy) is 4. The molecule has 0 aliphatic rings. The molecule has 1 radical (unpaired) electrons. The maximum absolute atomic E-state index is 12.0. The molecule has 0 aliphatic heterocycles. The van der Waals surface area contributed by atoms with Crippen LogP contribution in [0.4, 0.5) is 0 Å². The van der Waals surface area contributed by atoms with Gasteiger partial charge in [-0.15, -0.1) is 0 Å². The lowest BCUT2D eigenvalue weighted by Gasteiger charge is -2.09. The maximum Gasteiger partial charge on any atom is 0.336 e. The highest BCUT2D eigenvalue weighted by Crippen LogP contribution is 2.28. The average molecular weight is 383 g/mol. The quantitative estimate of drug-likeness (QED) is 0.234. The summed E-state index contributed by atoms with van der Waals surface area (Å²) in [6, 6.07) is 12.4. The molecule has 0 atom stereocenters. The van der Waals surface area contributed by atoms with Crippen LogP contribution in [-0.2, 0) is 4.79 Å². The van der Waals surface area contributed by atoms with Crippen LogP contribution in [0.1, 0.15) is 31.7 Å². The molecule has 149 valence electrons. The van der Waals surface area contributed by atoms with Gasteiger partial charge in [0.15, 0.2) is 11.5 Å². The van der Waals surface area contributed by atoms with Crippen molar-refractivity contribution in [1.29, 1.82) is 0 Å². The lowest BCUT2D eigenvalue weighted by Crippen LogP contribution is -2.03. The van der Waals surface area contributed by atoms with Crippen LogP contribution in [-0.4, -0.2) is 26.3 Å². The van der Waals surface area contributed by atoms with Crippen LogP contribution in [0.15, 0.2) is 48.5 Å². The van der Waals surface area contributed by atoms with E-state index in [1.54, 1.807) is 49.6 Å². The lowest BCUT2D eigenvalue weighted by molar-refractivity contribution is -0.128. The zero-order valence-electron chi connectivity index (χ0n) is 16.5. The van der Waals surface area contributed by atoms with Gasteiger partial charge in [-0.2, -0.15) is 0 Å². The van der Waals surface area contributed by atoms with Crippen LogP contribution in [0.2, 0.25) is 0 Å². The van der Waals surface area contributed by atoms with Gasteiger partial charge < -0.3 is 18.9 Å². The molecule has 0 saturated carbocycles. The standard InChI is InChI=1S/C23H27O5/c1-4-6-7-16-27-19-10-12-20(13-11-19)28-23(24)15-9-18-8-14-21(26-5-2)22(17-18)25-3/h8-15,17H,2,4-7,16H2,1,3H3/b15-9+. The number of esters is 1. The summed E-state index contributed by atoms with van der Waals surface area (Å²) in [5.74, 6) is 1.95. The second-order valence-corrected chi connectivity index (χ2v) is 6.04. The minimum atomic E-state index is -0.464. The molecule has 0 aliphatic carbocycles. The number of unbranched alkanes of at least 4 members (excludes halogenated alkanes) is 2. The van der Waals surface area contributed by atoms with Gasteiger partial charge in [0.25, 0.3) is 0 Å². The Labute approximate surface area is 166 Å². The molecule has 0 spiro atoms. The molecule has 28 heavy (non-hydrogen) atoms. The zero-order chi connectivity index (χ0) is 20.2. The van der Waals surface area contributed by atoms with E-state index >= 15 is 0 Å². The molecule has 0 bridgehead atoms. The fourth-order valence-corrected chi connectivity index (χ4v) is 2.48. The summed E-state index contributed by atoms with van der Waals surface area (Å²) in [6.45, 7) is 6.80. The maximum atomic E-state index is 12.0. The number of rotatable bonds is 11. The predicted octanol–water partition coefficient (Wildman–Crippen LogP) is 5.10. The smallest absolute Gasteiger partial charge is 0.336 e. The van der Waals surface area contributed by atoms with Crippen molar-refractivity contribution in [1.82, 2.24) is 0 Å². The Morgan fingerprint density at radius 3 is 2.43 bits per heavy atom. The first kappa shape index (κ1) is 21.4. The van der Waals surface area contributed by atoms with Crippen LogP contribution >= 0.6 is 0 Å². The Morgan fingerprint density at radius 2 is 1.75 bits per heavy atom. The van der Waals surface area contributed by atoms with Crippen molar-refractivity contribution in [2.24, 2.45) is 0 Å². The molecule has 0 heterocycles. The van der Waals surface area contributed by atoms with Gasteiger partial charge in [-0.05, 0) is 61.4 Å². The van der Waals surface area contributed by atoms with E-state index in [0.717, 1.165) is 30.6 Å². The first-order chi connectivity index (χ1) is 13.7. The van der Waals surface area contributed by atoms with Crippen LogP contribution in [0.25, 0.3) is 6.08 Å². The van der Waals surface area contributed by atoms with E-state index in [0.29, 0.717) is 30.5 Å². The van der Waals surface area contributed by atoms with Crippen molar-refractivity contribution in [3.63, 3.8) is 0 Å². The summed E-state index contributed by atoms with van der Waals surface area (Å²) in [5.41, 5.74) is 0.793. The Balaban J connectivity index is 1.89. The molecule has 2 rings (SSSR count). The van der Waals surface area contributed by atoms with E-state index in [4.69, 9.17) is 18.9 Å². The molecular weight excluding hydrogens is 356 g/mol. The van der Waals surface area contributed by atoms with E-state index in [2.05, 4.69) is 13.8 Å². The first-order valence-corrected chi connectivity index (χ1v) is 9.39. The number of benzene rings is 2. The summed E-state index contributed by atoms with van der Waals surface area (Å²) in [5, 5.41) is 0. The molecule has 0 aromatic heterocycles. The van der Waals surface area contributed by atoms with Gasteiger partial charge in [0.1, 0.15) is 11.5 Å². The average Bonchev–Trinajstić information content (AvgIpc) is 2.72. The molecular formula is C23H27O5. The van der Waals surface area contributed by atoms with E-state index in [1.165, 1.54) is 6.08 Å². The number of hydrogen-bond acceptors (Lipinski definition) is 5. The molecule has 0 unspecified atom stereocenters. The molecule has 0 saturated heterocycles. The van der Waals surface area contributed by atoms with E-state index in [-0.39, 0.29) is 0 Å². The van der Waals surface area contributed by atoms with Gasteiger partial charge in [0.05, 0.1) is 20.3 Å². The first-order valence-electron chi connectivity index (χ1n) is 9.39. The summed E-state index contributed by atoms with van der Waals surface area (Å²) in [4.78, 5) is 12.0. The van der Waals surface area contributed by atoms with Gasteiger partial charge in [-0.25, -0.2) is 4.79 Å². The summed E-state index contributed by atoms with van der Waals surface area (Å²) in [7, 11) is 1.56. The summed E-state index contributed by atoms with van der Waals surface area (Å²) >= 11 is 0. The highest BCUT2D eigenvalue weighted by Gasteiger charge is 2.05. The second-order valence-electron chi connectivity index (χ2n) is 6.04. The SMILES string of the molecule is [CH2]COc1ccc(/C=C/C(=O)Oc2ccc(OCCCCC)cc2)cc1OC. The third kappa shape index (κ3) is 6.99. The molecule has 0 N–H and O–H groups in total. The topological polar surface area (TPSA) is 54.0 Å².